The highest BCUT2D eigenvalue weighted by molar-refractivity contribution is 6.25. The number of carbonyl (C=O) groups excluding carboxylic acids is 2. The zero-order valence-corrected chi connectivity index (χ0v) is 15.1. The third kappa shape index (κ3) is 5.03. The zero-order valence-electron chi connectivity index (χ0n) is 15.1. The summed E-state index contributed by atoms with van der Waals surface area (Å²) in [6, 6.07) is 3.99. The molecular weight excluding hydrogens is 368 g/mol. The van der Waals surface area contributed by atoms with Crippen molar-refractivity contribution in [3.8, 4) is 5.75 Å². The van der Waals surface area contributed by atoms with Crippen molar-refractivity contribution in [1.29, 1.82) is 0 Å². The third-order valence-corrected chi connectivity index (χ3v) is 4.19. The van der Waals surface area contributed by atoms with Gasteiger partial charge in [-0.15, -0.1) is 0 Å². The van der Waals surface area contributed by atoms with Crippen LogP contribution in [-0.4, -0.2) is 63.1 Å². The fourth-order valence-corrected chi connectivity index (χ4v) is 2.77. The second kappa shape index (κ2) is 9.45. The third-order valence-electron chi connectivity index (χ3n) is 4.19. The first kappa shape index (κ1) is 20.8. The molecule has 0 spiro atoms. The maximum Gasteiger partial charge on any atom is 0.326 e. The van der Waals surface area contributed by atoms with Crippen molar-refractivity contribution in [2.75, 3.05) is 7.11 Å². The Labute approximate surface area is 159 Å². The molecule has 0 aliphatic heterocycles. The van der Waals surface area contributed by atoms with Gasteiger partial charge in [-0.25, -0.2) is 4.79 Å². The SMILES string of the molecule is COc1cccc2c(C[C@H](O)C(=O)N[C@@H](CCC(=O)C=[N+]=[N-])C(=O)O)c[nH]c12. The van der Waals surface area contributed by atoms with Crippen LogP contribution in [0, 0.1) is 0 Å². The number of aliphatic hydroxyl groups is 1. The minimum atomic E-state index is -1.48. The van der Waals surface area contributed by atoms with E-state index in [0.717, 1.165) is 10.9 Å². The number of benzene rings is 1. The van der Waals surface area contributed by atoms with Gasteiger partial charge < -0.3 is 30.8 Å². The average molecular weight is 388 g/mol. The van der Waals surface area contributed by atoms with Crippen molar-refractivity contribution in [3.63, 3.8) is 0 Å². The number of nitrogens with zero attached hydrogens (tertiary/aromatic N) is 2. The molecule has 0 radical (unpaired) electrons. The predicted molar refractivity (Wildman–Crippen MR) is 98.1 cm³/mol. The number of aliphatic hydroxyl groups excluding tert-OH is 1. The number of aromatic nitrogens is 1. The fraction of sp³-hybridized carbons (Fsp3) is 0.333. The van der Waals surface area contributed by atoms with Gasteiger partial charge in [0.05, 0.1) is 12.6 Å². The summed E-state index contributed by atoms with van der Waals surface area (Å²) in [5, 5.41) is 22.4. The average Bonchev–Trinajstić information content (AvgIpc) is 3.07. The molecule has 4 N–H and O–H groups in total. The van der Waals surface area contributed by atoms with Crippen LogP contribution in [0.25, 0.3) is 16.4 Å². The number of rotatable bonds is 10. The van der Waals surface area contributed by atoms with Crippen LogP contribution in [-0.2, 0) is 20.8 Å². The number of hydrogen-bond acceptors (Lipinski definition) is 5. The van der Waals surface area contributed by atoms with E-state index in [1.165, 1.54) is 7.11 Å². The standard InChI is InChI=1S/C18H20N4O6/c1-28-15-4-2-3-12-10(8-20-16(12)15)7-14(24)17(25)22-13(18(26)27)6-5-11(23)9-21-19/h2-4,8-9,13-14,20,24H,5-7H2,1H3,(H,22,25)(H,26,27)/t13-,14-/m0/s1. The van der Waals surface area contributed by atoms with E-state index < -0.39 is 29.8 Å². The Morgan fingerprint density at radius 3 is 2.79 bits per heavy atom. The van der Waals surface area contributed by atoms with E-state index in [1.807, 2.05) is 6.07 Å². The van der Waals surface area contributed by atoms with Gasteiger partial charge in [0.15, 0.2) is 0 Å². The normalized spacial score (nSPS) is 12.6. The number of nitrogens with one attached hydrogen (secondary N) is 2. The highest BCUT2D eigenvalue weighted by atomic mass is 16.5. The summed E-state index contributed by atoms with van der Waals surface area (Å²) >= 11 is 0. The first-order valence-electron chi connectivity index (χ1n) is 8.41. The number of methoxy groups -OCH3 is 1. The molecule has 10 nitrogen and oxygen atoms in total. The Morgan fingerprint density at radius 1 is 1.39 bits per heavy atom. The van der Waals surface area contributed by atoms with Gasteiger partial charge >= 0.3 is 12.2 Å². The molecule has 1 heterocycles. The first-order chi connectivity index (χ1) is 13.4. The van der Waals surface area contributed by atoms with Gasteiger partial charge in [-0.05, 0) is 18.1 Å². The zero-order chi connectivity index (χ0) is 20.7. The first-order valence-corrected chi connectivity index (χ1v) is 8.41. The van der Waals surface area contributed by atoms with E-state index in [0.29, 0.717) is 17.5 Å². The molecular formula is C18H20N4O6. The number of aliphatic carboxylic acids is 1. The lowest BCUT2D eigenvalue weighted by atomic mass is 10.0. The number of fused-ring (bicyclic) bond motifs is 1. The molecule has 2 atom stereocenters. The second-order valence-electron chi connectivity index (χ2n) is 6.07. The second-order valence-corrected chi connectivity index (χ2v) is 6.07. The van der Waals surface area contributed by atoms with Crippen LogP contribution in [0.15, 0.2) is 24.4 Å². The number of carboxylic acid groups (broad SMARTS) is 1. The number of carboxylic acids is 1. The van der Waals surface area contributed by atoms with E-state index in [4.69, 9.17) is 10.3 Å². The number of ether oxygens (including phenoxy) is 1. The maximum absolute atomic E-state index is 12.2. The molecule has 10 heteroatoms. The van der Waals surface area contributed by atoms with E-state index in [9.17, 15) is 24.6 Å². The lowest BCUT2D eigenvalue weighted by Crippen LogP contribution is -2.46. The molecule has 0 aliphatic rings. The van der Waals surface area contributed by atoms with Crippen molar-refractivity contribution in [2.45, 2.75) is 31.4 Å². The lowest BCUT2D eigenvalue weighted by Gasteiger charge is -2.16. The molecule has 1 aromatic carbocycles. The molecule has 0 fully saturated rings. The topological polar surface area (TPSA) is 165 Å². The van der Waals surface area contributed by atoms with Crippen LogP contribution in [0.3, 0.4) is 0 Å². The number of amides is 1. The molecule has 2 aromatic rings. The summed E-state index contributed by atoms with van der Waals surface area (Å²) in [6.45, 7) is 0. The molecule has 0 bridgehead atoms. The molecule has 1 aromatic heterocycles. The number of H-pyrrole nitrogens is 1. The van der Waals surface area contributed by atoms with Crippen molar-refractivity contribution in [3.05, 3.63) is 35.5 Å². The number of hydrogen-bond donors (Lipinski definition) is 4. The highest BCUT2D eigenvalue weighted by Crippen LogP contribution is 2.27. The Kier molecular flexibility index (Phi) is 7.02. The summed E-state index contributed by atoms with van der Waals surface area (Å²) in [6.07, 6.45) is 0.331. The lowest BCUT2D eigenvalue weighted by molar-refractivity contribution is -0.143. The van der Waals surface area contributed by atoms with Gasteiger partial charge in [0.2, 0.25) is 11.7 Å². The molecule has 1 amide bonds. The number of ketones is 1. The Morgan fingerprint density at radius 2 is 2.14 bits per heavy atom. The van der Waals surface area contributed by atoms with Gasteiger partial charge in [-0.3, -0.25) is 9.59 Å². The fourth-order valence-electron chi connectivity index (χ4n) is 2.77. The Bertz CT molecular complexity index is 931. The van der Waals surface area contributed by atoms with E-state index in [2.05, 4.69) is 15.1 Å². The molecule has 0 saturated heterocycles. The van der Waals surface area contributed by atoms with Gasteiger partial charge in [0.25, 0.3) is 0 Å². The van der Waals surface area contributed by atoms with Crippen LogP contribution in [0.4, 0.5) is 0 Å². The van der Waals surface area contributed by atoms with Crippen molar-refractivity contribution in [1.82, 2.24) is 10.3 Å². The monoisotopic (exact) mass is 388 g/mol. The minimum Gasteiger partial charge on any atom is -0.495 e. The molecule has 0 aliphatic carbocycles. The largest absolute Gasteiger partial charge is 0.495 e. The number of para-hydroxylation sites is 1. The van der Waals surface area contributed by atoms with Crippen LogP contribution in [0.1, 0.15) is 18.4 Å². The quantitative estimate of drug-likeness (QED) is 0.259. The summed E-state index contributed by atoms with van der Waals surface area (Å²) < 4.78 is 5.25. The molecule has 148 valence electrons. The van der Waals surface area contributed by atoms with Crippen molar-refractivity contribution in [2.24, 2.45) is 0 Å². The van der Waals surface area contributed by atoms with Crippen LogP contribution < -0.4 is 10.1 Å². The summed E-state index contributed by atoms with van der Waals surface area (Å²) in [5.41, 5.74) is 9.67. The van der Waals surface area contributed by atoms with E-state index in [1.54, 1.807) is 18.3 Å². The van der Waals surface area contributed by atoms with Crippen molar-refractivity contribution >= 4 is 34.8 Å². The van der Waals surface area contributed by atoms with Gasteiger partial charge in [-0.2, -0.15) is 4.79 Å². The van der Waals surface area contributed by atoms with Gasteiger partial charge in [-0.1, -0.05) is 12.1 Å². The number of Topliss-reactive ketones (excluding diaryl/α,β-unsaturated/α-hetero) is 1. The van der Waals surface area contributed by atoms with Crippen molar-refractivity contribution < 1.29 is 34.1 Å². The molecule has 0 saturated carbocycles. The summed E-state index contributed by atoms with van der Waals surface area (Å²) in [5.74, 6) is -2.18. The van der Waals surface area contributed by atoms with Crippen LogP contribution in [0.5, 0.6) is 5.75 Å². The Hall–Kier alpha value is -3.49. The van der Waals surface area contributed by atoms with Crippen LogP contribution in [0.2, 0.25) is 0 Å². The number of carbonyl (C=O) groups is 3. The molecule has 28 heavy (non-hydrogen) atoms. The molecule has 2 rings (SSSR count). The maximum atomic E-state index is 12.2. The number of aromatic amines is 1. The summed E-state index contributed by atoms with van der Waals surface area (Å²) in [4.78, 5) is 40.4. The molecule has 0 unspecified atom stereocenters. The smallest absolute Gasteiger partial charge is 0.326 e. The van der Waals surface area contributed by atoms with Crippen LogP contribution >= 0.6 is 0 Å². The van der Waals surface area contributed by atoms with Gasteiger partial charge in [0, 0.05) is 24.4 Å². The van der Waals surface area contributed by atoms with E-state index in [-0.39, 0.29) is 19.3 Å². The minimum absolute atomic E-state index is 0.0402. The highest BCUT2D eigenvalue weighted by Gasteiger charge is 2.25. The van der Waals surface area contributed by atoms with E-state index >= 15 is 0 Å². The van der Waals surface area contributed by atoms with Gasteiger partial charge in [0.1, 0.15) is 17.9 Å². The predicted octanol–water partition coefficient (Wildman–Crippen LogP) is 0.299. The Balaban J connectivity index is 2.04. The summed E-state index contributed by atoms with van der Waals surface area (Å²) in [7, 11) is 1.53.